The van der Waals surface area contributed by atoms with Gasteiger partial charge in [0.25, 0.3) is 0 Å². The third kappa shape index (κ3) is 3.87. The molecule has 0 bridgehead atoms. The molecule has 0 N–H and O–H groups in total. The summed E-state index contributed by atoms with van der Waals surface area (Å²) in [5, 5.41) is 2.47. The number of aryl methyl sites for hydroxylation is 3. The Balaban J connectivity index is 1.88. The summed E-state index contributed by atoms with van der Waals surface area (Å²) < 4.78 is 2.24. The highest BCUT2D eigenvalue weighted by Crippen LogP contribution is 2.31. The first-order valence-electron chi connectivity index (χ1n) is 10.8. The zero-order chi connectivity index (χ0) is 21.4. The highest BCUT2D eigenvalue weighted by atomic mass is 14.9. The Kier molecular flexibility index (Phi) is 5.42. The molecule has 4 rings (SSSR count). The molecule has 152 valence electrons. The minimum Gasteiger partial charge on any atom is -0.256 e. The molecule has 2 heterocycles. The second-order valence-electron chi connectivity index (χ2n) is 8.98. The van der Waals surface area contributed by atoms with Gasteiger partial charge in [0, 0.05) is 34.2 Å². The van der Waals surface area contributed by atoms with E-state index >= 15 is 0 Å². The smallest absolute Gasteiger partial charge is 0.213 e. The molecule has 0 aliphatic carbocycles. The lowest BCUT2D eigenvalue weighted by molar-refractivity contribution is -0.659. The van der Waals surface area contributed by atoms with E-state index < -0.39 is 0 Å². The van der Waals surface area contributed by atoms with Crippen molar-refractivity contribution in [3.05, 3.63) is 83.2 Å². The normalized spacial score (nSPS) is 11.4. The summed E-state index contributed by atoms with van der Waals surface area (Å²) in [6.45, 7) is 11.1. The number of nitrogens with zero attached hydrogens (tertiary/aromatic N) is 2. The van der Waals surface area contributed by atoms with Gasteiger partial charge in [-0.2, -0.15) is 0 Å². The van der Waals surface area contributed by atoms with E-state index in [0.29, 0.717) is 5.92 Å². The van der Waals surface area contributed by atoms with E-state index in [1.165, 1.54) is 49.8 Å². The van der Waals surface area contributed by atoms with Gasteiger partial charge in [-0.25, -0.2) is 4.57 Å². The van der Waals surface area contributed by atoms with E-state index in [1.54, 1.807) is 0 Å². The predicted molar refractivity (Wildman–Crippen MR) is 127 cm³/mol. The lowest BCUT2D eigenvalue weighted by Gasteiger charge is -2.12. The van der Waals surface area contributed by atoms with Gasteiger partial charge in [-0.15, -0.1) is 0 Å². The van der Waals surface area contributed by atoms with Crippen molar-refractivity contribution in [3.8, 4) is 22.5 Å². The van der Waals surface area contributed by atoms with E-state index in [9.17, 15) is 0 Å². The van der Waals surface area contributed by atoms with Crippen LogP contribution in [0.3, 0.4) is 0 Å². The number of hydrogen-bond donors (Lipinski definition) is 0. The minimum atomic E-state index is 0.638. The quantitative estimate of drug-likeness (QED) is 0.360. The number of fused-ring (bicyclic) bond motifs is 1. The second-order valence-corrected chi connectivity index (χ2v) is 8.98. The van der Waals surface area contributed by atoms with Crippen LogP contribution >= 0.6 is 0 Å². The first-order chi connectivity index (χ1) is 14.3. The number of rotatable bonds is 4. The fourth-order valence-electron chi connectivity index (χ4n) is 4.35. The summed E-state index contributed by atoms with van der Waals surface area (Å²) in [4.78, 5) is 4.82. The first-order valence-corrected chi connectivity index (χ1v) is 10.8. The average Bonchev–Trinajstić information content (AvgIpc) is 2.70. The van der Waals surface area contributed by atoms with E-state index in [0.717, 1.165) is 12.1 Å². The average molecular weight is 396 g/mol. The lowest BCUT2D eigenvalue weighted by atomic mass is 9.95. The summed E-state index contributed by atoms with van der Waals surface area (Å²) in [5.74, 6) is 0.638. The maximum Gasteiger partial charge on any atom is 0.213 e. The van der Waals surface area contributed by atoms with Crippen LogP contribution < -0.4 is 4.57 Å². The zero-order valence-corrected chi connectivity index (χ0v) is 19.0. The summed E-state index contributed by atoms with van der Waals surface area (Å²) in [6.07, 6.45) is 5.33. The molecule has 4 aromatic rings. The molecule has 0 aliphatic heterocycles. The molecule has 0 spiro atoms. The summed E-state index contributed by atoms with van der Waals surface area (Å²) >= 11 is 0. The molecule has 2 aromatic heterocycles. The van der Waals surface area contributed by atoms with Crippen LogP contribution in [0.1, 0.15) is 36.1 Å². The van der Waals surface area contributed by atoms with Gasteiger partial charge in [0.05, 0.1) is 5.69 Å². The number of aromatic nitrogens is 2. The second kappa shape index (κ2) is 8.02. The van der Waals surface area contributed by atoms with Crippen molar-refractivity contribution in [2.24, 2.45) is 13.0 Å². The van der Waals surface area contributed by atoms with Crippen molar-refractivity contribution in [2.45, 2.75) is 41.0 Å². The van der Waals surface area contributed by atoms with Crippen molar-refractivity contribution < 1.29 is 4.57 Å². The Morgan fingerprint density at radius 1 is 0.933 bits per heavy atom. The van der Waals surface area contributed by atoms with Crippen LogP contribution in [0.25, 0.3) is 33.3 Å². The molecule has 0 aliphatic rings. The predicted octanol–water partition coefficient (Wildman–Crippen LogP) is 6.52. The molecule has 30 heavy (non-hydrogen) atoms. The van der Waals surface area contributed by atoms with Gasteiger partial charge in [0.2, 0.25) is 5.69 Å². The van der Waals surface area contributed by atoms with Crippen molar-refractivity contribution >= 4 is 10.8 Å². The molecule has 0 atom stereocenters. The summed E-state index contributed by atoms with van der Waals surface area (Å²) in [7, 11) is 2.14. The molecule has 0 radical (unpaired) electrons. The Morgan fingerprint density at radius 2 is 1.73 bits per heavy atom. The molecule has 0 fully saturated rings. The zero-order valence-electron chi connectivity index (χ0n) is 19.0. The molecular weight excluding hydrogens is 364 g/mol. The molecule has 0 unspecified atom stereocenters. The highest BCUT2D eigenvalue weighted by molar-refractivity contribution is 5.96. The lowest BCUT2D eigenvalue weighted by Crippen LogP contribution is -2.30. The van der Waals surface area contributed by atoms with Crippen molar-refractivity contribution in [3.63, 3.8) is 0 Å². The van der Waals surface area contributed by atoms with Crippen LogP contribution in [-0.4, -0.2) is 4.98 Å². The highest BCUT2D eigenvalue weighted by Gasteiger charge is 2.17. The van der Waals surface area contributed by atoms with Crippen LogP contribution in [0, 0.1) is 26.7 Å². The standard InChI is InChI=1S/C28H31N2/c1-18(2)12-22-10-11-27(29-16-22)24-9-7-8-23-17-30(6)28(15-26(23)24)25-14-19(3)13-20(4)21(25)5/h7-11,13-18H,12H2,1-6H3/q+1. The summed E-state index contributed by atoms with van der Waals surface area (Å²) in [5.41, 5.74) is 10.0. The van der Waals surface area contributed by atoms with E-state index in [-0.39, 0.29) is 0 Å². The monoisotopic (exact) mass is 395 g/mol. The van der Waals surface area contributed by atoms with Gasteiger partial charge in [-0.1, -0.05) is 43.7 Å². The molecule has 2 aromatic carbocycles. The van der Waals surface area contributed by atoms with Gasteiger partial charge < -0.3 is 0 Å². The Hall–Kier alpha value is -3.00. The Bertz CT molecular complexity index is 1220. The fraction of sp³-hybridized carbons (Fsp3) is 0.286. The van der Waals surface area contributed by atoms with Crippen molar-refractivity contribution in [2.75, 3.05) is 0 Å². The van der Waals surface area contributed by atoms with Gasteiger partial charge in [0.1, 0.15) is 7.05 Å². The third-order valence-electron chi connectivity index (χ3n) is 5.97. The fourth-order valence-corrected chi connectivity index (χ4v) is 4.35. The molecule has 2 heteroatoms. The number of hydrogen-bond acceptors (Lipinski definition) is 1. The first kappa shape index (κ1) is 20.3. The van der Waals surface area contributed by atoms with Crippen LogP contribution in [-0.2, 0) is 13.5 Å². The summed E-state index contributed by atoms with van der Waals surface area (Å²) in [6, 6.07) is 17.8. The van der Waals surface area contributed by atoms with Crippen molar-refractivity contribution in [1.29, 1.82) is 0 Å². The third-order valence-corrected chi connectivity index (χ3v) is 5.97. The maximum atomic E-state index is 4.82. The van der Waals surface area contributed by atoms with E-state index in [4.69, 9.17) is 4.98 Å². The van der Waals surface area contributed by atoms with Gasteiger partial charge in [-0.3, -0.25) is 4.98 Å². The van der Waals surface area contributed by atoms with Crippen LogP contribution in [0.2, 0.25) is 0 Å². The van der Waals surface area contributed by atoms with Crippen LogP contribution in [0.5, 0.6) is 0 Å². The molecule has 2 nitrogen and oxygen atoms in total. The van der Waals surface area contributed by atoms with Gasteiger partial charge in [-0.05, 0) is 68.0 Å². The van der Waals surface area contributed by atoms with E-state index in [2.05, 4.69) is 101 Å². The number of pyridine rings is 2. The molecule has 0 amide bonds. The Labute approximate surface area is 180 Å². The minimum absolute atomic E-state index is 0.638. The molecule has 0 saturated heterocycles. The SMILES string of the molecule is Cc1cc(C)c(C)c(-c2cc3c(-c4ccc(CC(C)C)cn4)cccc3c[n+]2C)c1. The van der Waals surface area contributed by atoms with Gasteiger partial charge >= 0.3 is 0 Å². The molecule has 0 saturated carbocycles. The Morgan fingerprint density at radius 3 is 2.43 bits per heavy atom. The number of benzene rings is 2. The largest absolute Gasteiger partial charge is 0.256 e. The van der Waals surface area contributed by atoms with Crippen LogP contribution in [0.4, 0.5) is 0 Å². The van der Waals surface area contributed by atoms with Crippen molar-refractivity contribution in [1.82, 2.24) is 4.98 Å². The van der Waals surface area contributed by atoms with Gasteiger partial charge in [0.15, 0.2) is 6.20 Å². The van der Waals surface area contributed by atoms with E-state index in [1.807, 2.05) is 6.20 Å². The topological polar surface area (TPSA) is 16.8 Å². The maximum absolute atomic E-state index is 4.82. The van der Waals surface area contributed by atoms with Crippen LogP contribution in [0.15, 0.2) is 60.9 Å². The molecular formula is C28H31N2+.